The van der Waals surface area contributed by atoms with Crippen LogP contribution in [-0.2, 0) is 16.0 Å². The molecule has 0 radical (unpaired) electrons. The fourth-order valence-corrected chi connectivity index (χ4v) is 3.97. The predicted molar refractivity (Wildman–Crippen MR) is 105 cm³/mol. The molecule has 28 heavy (non-hydrogen) atoms. The number of fused-ring (bicyclic) bond motifs is 4. The highest BCUT2D eigenvalue weighted by Crippen LogP contribution is 2.34. The molecular weight excluding hydrogens is 356 g/mol. The molecule has 1 unspecified atom stereocenters. The average Bonchev–Trinajstić information content (AvgIpc) is 3.34. The van der Waals surface area contributed by atoms with Gasteiger partial charge in [-0.05, 0) is 50.3 Å². The maximum Gasteiger partial charge on any atom is 0.150 e. The smallest absolute Gasteiger partial charge is 0.150 e. The Hall–Kier alpha value is -2.38. The van der Waals surface area contributed by atoms with Crippen LogP contribution in [0.25, 0.3) is 22.2 Å². The molecule has 4 heterocycles. The van der Waals surface area contributed by atoms with Crippen LogP contribution in [0, 0.1) is 0 Å². The van der Waals surface area contributed by atoms with Crippen molar-refractivity contribution in [3.05, 3.63) is 30.6 Å². The van der Waals surface area contributed by atoms with Gasteiger partial charge < -0.3 is 14.2 Å². The van der Waals surface area contributed by atoms with E-state index in [0.29, 0.717) is 13.2 Å². The van der Waals surface area contributed by atoms with Gasteiger partial charge in [-0.15, -0.1) is 0 Å². The first-order valence-electron chi connectivity index (χ1n) is 10.3. The molecule has 3 aromatic rings. The fourth-order valence-electron chi connectivity index (χ4n) is 3.97. The van der Waals surface area contributed by atoms with Crippen molar-refractivity contribution in [1.82, 2.24) is 19.6 Å². The zero-order valence-electron chi connectivity index (χ0n) is 16.0. The van der Waals surface area contributed by atoms with E-state index < -0.39 is 0 Å². The molecule has 7 nitrogen and oxygen atoms in total. The van der Waals surface area contributed by atoms with Crippen LogP contribution in [0.4, 0.5) is 0 Å². The minimum Gasteiger partial charge on any atom is -0.491 e. The maximum atomic E-state index is 6.01. The first kappa shape index (κ1) is 17.7. The van der Waals surface area contributed by atoms with Gasteiger partial charge in [-0.3, -0.25) is 4.68 Å². The number of hydrogen-bond donors (Lipinski definition) is 0. The predicted octanol–water partition coefficient (Wildman–Crippen LogP) is 3.79. The lowest BCUT2D eigenvalue weighted by atomic mass is 10.1. The van der Waals surface area contributed by atoms with E-state index in [9.17, 15) is 0 Å². The summed E-state index contributed by atoms with van der Waals surface area (Å²) in [5.41, 5.74) is 3.04. The van der Waals surface area contributed by atoms with Gasteiger partial charge in [0, 0.05) is 36.9 Å². The van der Waals surface area contributed by atoms with Crippen molar-refractivity contribution in [2.45, 2.75) is 44.9 Å². The van der Waals surface area contributed by atoms with Crippen LogP contribution in [0.1, 0.15) is 38.3 Å². The molecule has 0 amide bonds. The van der Waals surface area contributed by atoms with Crippen LogP contribution in [-0.4, -0.2) is 46.0 Å². The van der Waals surface area contributed by atoms with Crippen LogP contribution in [0.2, 0.25) is 0 Å². The normalized spacial score (nSPS) is 21.2. The lowest BCUT2D eigenvalue weighted by molar-refractivity contribution is -0.0365. The summed E-state index contributed by atoms with van der Waals surface area (Å²) in [5.74, 6) is 0.837. The number of aryl methyl sites for hydroxylation is 1. The Morgan fingerprint density at radius 2 is 1.96 bits per heavy atom. The summed E-state index contributed by atoms with van der Waals surface area (Å²) in [5, 5.41) is 10.6. The molecule has 7 heteroatoms. The lowest BCUT2D eigenvalue weighted by Gasteiger charge is -2.23. The number of hydrogen-bond acceptors (Lipinski definition) is 5. The van der Waals surface area contributed by atoms with Crippen molar-refractivity contribution >= 4 is 10.9 Å². The molecule has 1 saturated heterocycles. The summed E-state index contributed by atoms with van der Waals surface area (Å²) < 4.78 is 21.6. The van der Waals surface area contributed by atoms with E-state index in [-0.39, 0.29) is 6.23 Å². The van der Waals surface area contributed by atoms with Gasteiger partial charge in [0.2, 0.25) is 0 Å². The SMILES string of the molecule is c1cc2c3cc1OCCOCCCCn1cc(cn1)-c3nn2C1CCCCO1. The highest BCUT2D eigenvalue weighted by atomic mass is 16.5. The third-order valence-electron chi connectivity index (χ3n) is 5.44. The minimum absolute atomic E-state index is 0.00851. The molecule has 2 aliphatic heterocycles. The van der Waals surface area contributed by atoms with Crippen LogP contribution < -0.4 is 4.74 Å². The van der Waals surface area contributed by atoms with E-state index in [4.69, 9.17) is 19.3 Å². The van der Waals surface area contributed by atoms with Gasteiger partial charge in [0.25, 0.3) is 0 Å². The minimum atomic E-state index is -0.00851. The Labute approximate surface area is 164 Å². The van der Waals surface area contributed by atoms with Crippen LogP contribution in [0.3, 0.4) is 0 Å². The van der Waals surface area contributed by atoms with Gasteiger partial charge in [0.15, 0.2) is 6.23 Å². The Morgan fingerprint density at radius 1 is 1.00 bits per heavy atom. The van der Waals surface area contributed by atoms with E-state index in [1.807, 2.05) is 21.6 Å². The molecule has 1 aromatic carbocycles. The van der Waals surface area contributed by atoms with Gasteiger partial charge in [-0.2, -0.15) is 10.2 Å². The van der Waals surface area contributed by atoms with Crippen molar-refractivity contribution in [2.24, 2.45) is 0 Å². The number of aromatic nitrogens is 4. The third kappa shape index (κ3) is 3.52. The highest BCUT2D eigenvalue weighted by molar-refractivity contribution is 5.94. The number of ether oxygens (including phenoxy) is 3. The molecule has 1 fully saturated rings. The average molecular weight is 382 g/mol. The zero-order valence-corrected chi connectivity index (χ0v) is 16.0. The summed E-state index contributed by atoms with van der Waals surface area (Å²) in [6.07, 6.45) is 9.31. The van der Waals surface area contributed by atoms with Crippen LogP contribution >= 0.6 is 0 Å². The molecule has 0 spiro atoms. The molecule has 148 valence electrons. The second kappa shape index (κ2) is 7.93. The second-order valence-electron chi connectivity index (χ2n) is 7.45. The molecule has 0 N–H and O–H groups in total. The molecule has 2 aromatic heterocycles. The van der Waals surface area contributed by atoms with Gasteiger partial charge in [0.1, 0.15) is 18.1 Å². The largest absolute Gasteiger partial charge is 0.491 e. The van der Waals surface area contributed by atoms with Gasteiger partial charge >= 0.3 is 0 Å². The third-order valence-corrected chi connectivity index (χ3v) is 5.44. The Balaban J connectivity index is 1.59. The number of benzene rings is 1. The Kier molecular flexibility index (Phi) is 5.01. The first-order valence-corrected chi connectivity index (χ1v) is 10.3. The molecule has 1 atom stereocenters. The molecule has 2 aliphatic rings. The standard InChI is InChI=1S/C21H26N4O3/c1-3-10-28-20(5-1)25-19-7-6-17-13-18(19)21(23-25)16-14-22-24(15-16)8-2-4-9-26-11-12-27-17/h6-7,13-15,20H,1-5,8-12H2. The van der Waals surface area contributed by atoms with E-state index in [2.05, 4.69) is 23.4 Å². The molecule has 5 rings (SSSR count). The van der Waals surface area contributed by atoms with Crippen molar-refractivity contribution in [3.63, 3.8) is 0 Å². The Morgan fingerprint density at radius 3 is 2.89 bits per heavy atom. The molecule has 0 saturated carbocycles. The van der Waals surface area contributed by atoms with Gasteiger partial charge in [-0.25, -0.2) is 4.68 Å². The fraction of sp³-hybridized carbons (Fsp3) is 0.524. The molecule has 0 aliphatic carbocycles. The second-order valence-corrected chi connectivity index (χ2v) is 7.45. The number of rotatable bonds is 1. The topological polar surface area (TPSA) is 63.3 Å². The Bertz CT molecular complexity index is 942. The van der Waals surface area contributed by atoms with Gasteiger partial charge in [-0.1, -0.05) is 0 Å². The highest BCUT2D eigenvalue weighted by Gasteiger charge is 2.22. The first-order chi connectivity index (χ1) is 13.9. The molecular formula is C21H26N4O3. The summed E-state index contributed by atoms with van der Waals surface area (Å²) >= 11 is 0. The van der Waals surface area contributed by atoms with Crippen molar-refractivity contribution < 1.29 is 14.2 Å². The lowest BCUT2D eigenvalue weighted by Crippen LogP contribution is -2.19. The van der Waals surface area contributed by atoms with Crippen LogP contribution in [0.15, 0.2) is 30.6 Å². The van der Waals surface area contributed by atoms with Crippen molar-refractivity contribution in [1.29, 1.82) is 0 Å². The van der Waals surface area contributed by atoms with E-state index >= 15 is 0 Å². The summed E-state index contributed by atoms with van der Waals surface area (Å²) in [7, 11) is 0. The summed E-state index contributed by atoms with van der Waals surface area (Å²) in [4.78, 5) is 0. The van der Waals surface area contributed by atoms with Gasteiger partial charge in [0.05, 0.1) is 18.3 Å². The van der Waals surface area contributed by atoms with E-state index in [1.165, 1.54) is 6.42 Å². The monoisotopic (exact) mass is 382 g/mol. The summed E-state index contributed by atoms with van der Waals surface area (Å²) in [6, 6.07) is 6.17. The van der Waals surface area contributed by atoms with Crippen LogP contribution in [0.5, 0.6) is 5.75 Å². The summed E-state index contributed by atoms with van der Waals surface area (Å²) in [6.45, 7) is 3.59. The maximum absolute atomic E-state index is 6.01. The zero-order chi connectivity index (χ0) is 18.8. The van der Waals surface area contributed by atoms with E-state index in [0.717, 1.165) is 73.4 Å². The number of nitrogens with zero attached hydrogens (tertiary/aromatic N) is 4. The van der Waals surface area contributed by atoms with Crippen molar-refractivity contribution in [2.75, 3.05) is 26.4 Å². The van der Waals surface area contributed by atoms with Crippen molar-refractivity contribution in [3.8, 4) is 17.0 Å². The quantitative estimate of drug-likeness (QED) is 0.641. The van der Waals surface area contributed by atoms with E-state index in [1.54, 1.807) is 0 Å². The molecule has 4 bridgehead atoms.